The SMILES string of the molecule is CCCCCCCCCCCCCCCCCCCCCCCCCC(=O)N[C@H](CO[C@@H]1O[C@@H](CO)[C@@H](O)[C@@H](O)[C@@H]1O)[C@@H](O)[C@H](O)CCCCCCCCCCCCCC. The third-order valence-electron chi connectivity index (χ3n) is 12.8. The monoisotopic (exact) mass is 858 g/mol. The molecule has 10 nitrogen and oxygen atoms in total. The molecular formula is C50H99NO9. The number of amides is 1. The lowest BCUT2D eigenvalue weighted by molar-refractivity contribution is -0.303. The van der Waals surface area contributed by atoms with Crippen molar-refractivity contribution in [2.75, 3.05) is 13.2 Å². The first-order valence-corrected chi connectivity index (χ1v) is 25.8. The first-order chi connectivity index (χ1) is 29.3. The van der Waals surface area contributed by atoms with Crippen molar-refractivity contribution in [3.05, 3.63) is 0 Å². The molecule has 0 aromatic carbocycles. The molecule has 1 fully saturated rings. The summed E-state index contributed by atoms with van der Waals surface area (Å²) in [5.41, 5.74) is 0. The number of carbonyl (C=O) groups excluding carboxylic acids is 1. The van der Waals surface area contributed by atoms with E-state index < -0.39 is 55.6 Å². The van der Waals surface area contributed by atoms with Gasteiger partial charge in [0.2, 0.25) is 5.91 Å². The number of unbranched alkanes of at least 4 members (excludes halogenated alkanes) is 33. The number of ether oxygens (including phenoxy) is 2. The second-order valence-electron chi connectivity index (χ2n) is 18.5. The lowest BCUT2D eigenvalue weighted by Crippen LogP contribution is -2.60. The fraction of sp³-hybridized carbons (Fsp3) is 0.980. The Morgan fingerprint density at radius 2 is 0.867 bits per heavy atom. The Balaban J connectivity index is 2.26. The minimum Gasteiger partial charge on any atom is -0.394 e. The Hall–Kier alpha value is -0.850. The molecule has 8 atom stereocenters. The zero-order valence-electron chi connectivity index (χ0n) is 39.1. The number of aliphatic hydroxyl groups is 6. The minimum absolute atomic E-state index is 0.252. The van der Waals surface area contributed by atoms with Gasteiger partial charge < -0.3 is 45.4 Å². The van der Waals surface area contributed by atoms with Gasteiger partial charge in [-0.1, -0.05) is 232 Å². The van der Waals surface area contributed by atoms with Crippen LogP contribution in [0.15, 0.2) is 0 Å². The van der Waals surface area contributed by atoms with Crippen LogP contribution in [-0.2, 0) is 14.3 Å². The first-order valence-electron chi connectivity index (χ1n) is 25.8. The van der Waals surface area contributed by atoms with Crippen molar-refractivity contribution in [3.63, 3.8) is 0 Å². The van der Waals surface area contributed by atoms with Crippen LogP contribution in [0.4, 0.5) is 0 Å². The molecule has 1 heterocycles. The van der Waals surface area contributed by atoms with Crippen LogP contribution in [0.25, 0.3) is 0 Å². The molecule has 0 aromatic rings. The molecule has 60 heavy (non-hydrogen) atoms. The second-order valence-corrected chi connectivity index (χ2v) is 18.5. The standard InChI is InChI=1S/C50H99NO9/c1-3-5-7-9-11-13-15-17-18-19-20-21-22-23-24-25-26-27-29-31-33-35-37-39-45(54)51-42(41-59-50-49(58)48(57)47(56)44(40-52)60-50)46(55)43(53)38-36-34-32-30-28-16-14-12-10-8-6-4-2/h42-44,46-50,52-53,55-58H,3-41H2,1-2H3,(H,51,54)/t42-,43-,44+,46-,47-,48-,49+,50-/m1/s1. The average Bonchev–Trinajstić information content (AvgIpc) is 3.25. The van der Waals surface area contributed by atoms with Gasteiger partial charge in [-0.25, -0.2) is 0 Å². The van der Waals surface area contributed by atoms with E-state index in [9.17, 15) is 35.4 Å². The van der Waals surface area contributed by atoms with Crippen molar-refractivity contribution in [2.45, 2.75) is 300 Å². The molecule has 1 aliphatic heterocycles. The van der Waals surface area contributed by atoms with Gasteiger partial charge in [0, 0.05) is 6.42 Å². The maximum atomic E-state index is 13.0. The summed E-state index contributed by atoms with van der Waals surface area (Å²) in [6, 6.07) is -0.985. The van der Waals surface area contributed by atoms with Crippen molar-refractivity contribution in [1.82, 2.24) is 5.32 Å². The van der Waals surface area contributed by atoms with E-state index in [0.29, 0.717) is 6.42 Å². The molecule has 0 spiro atoms. The molecule has 1 aliphatic rings. The molecule has 10 heteroatoms. The Morgan fingerprint density at radius 1 is 0.517 bits per heavy atom. The summed E-state index contributed by atoms with van der Waals surface area (Å²) in [6.07, 6.45) is 35.5. The summed E-state index contributed by atoms with van der Waals surface area (Å²) in [6.45, 7) is 3.63. The molecule has 1 saturated heterocycles. The van der Waals surface area contributed by atoms with Gasteiger partial charge in [-0.15, -0.1) is 0 Å². The predicted octanol–water partition coefficient (Wildman–Crippen LogP) is 10.5. The quantitative estimate of drug-likeness (QED) is 0.0295. The molecule has 0 unspecified atom stereocenters. The summed E-state index contributed by atoms with van der Waals surface area (Å²) in [5, 5.41) is 65.3. The number of rotatable bonds is 44. The lowest BCUT2D eigenvalue weighted by atomic mass is 9.98. The van der Waals surface area contributed by atoms with E-state index in [-0.39, 0.29) is 18.9 Å². The summed E-state index contributed by atoms with van der Waals surface area (Å²) in [7, 11) is 0. The third kappa shape index (κ3) is 30.3. The second kappa shape index (κ2) is 40.9. The van der Waals surface area contributed by atoms with Crippen LogP contribution in [0, 0.1) is 0 Å². The van der Waals surface area contributed by atoms with Gasteiger partial charge in [0.15, 0.2) is 6.29 Å². The van der Waals surface area contributed by atoms with Crippen LogP contribution in [0.1, 0.15) is 251 Å². The Bertz CT molecular complexity index is 926. The van der Waals surface area contributed by atoms with Crippen LogP contribution >= 0.6 is 0 Å². The highest BCUT2D eigenvalue weighted by atomic mass is 16.7. The van der Waals surface area contributed by atoms with Crippen molar-refractivity contribution in [2.24, 2.45) is 0 Å². The van der Waals surface area contributed by atoms with Gasteiger partial charge in [-0.2, -0.15) is 0 Å². The van der Waals surface area contributed by atoms with Crippen LogP contribution in [0.3, 0.4) is 0 Å². The fourth-order valence-electron chi connectivity index (χ4n) is 8.61. The summed E-state index contributed by atoms with van der Waals surface area (Å²) < 4.78 is 11.2. The van der Waals surface area contributed by atoms with Gasteiger partial charge in [-0.05, 0) is 12.8 Å². The maximum Gasteiger partial charge on any atom is 0.220 e. The highest BCUT2D eigenvalue weighted by Gasteiger charge is 2.44. The fourth-order valence-corrected chi connectivity index (χ4v) is 8.61. The van der Waals surface area contributed by atoms with E-state index >= 15 is 0 Å². The summed E-state index contributed by atoms with van der Waals surface area (Å²) in [4.78, 5) is 13.0. The van der Waals surface area contributed by atoms with E-state index in [0.717, 1.165) is 38.5 Å². The van der Waals surface area contributed by atoms with Crippen LogP contribution in [-0.4, -0.2) is 98.7 Å². The predicted molar refractivity (Wildman–Crippen MR) is 246 cm³/mol. The van der Waals surface area contributed by atoms with E-state index in [4.69, 9.17) is 9.47 Å². The molecular weight excluding hydrogens is 759 g/mol. The number of aliphatic hydroxyl groups excluding tert-OH is 6. The van der Waals surface area contributed by atoms with Gasteiger partial charge in [-0.3, -0.25) is 4.79 Å². The zero-order chi connectivity index (χ0) is 43.9. The topological polar surface area (TPSA) is 169 Å². The number of nitrogens with one attached hydrogen (secondary N) is 1. The van der Waals surface area contributed by atoms with Gasteiger partial charge >= 0.3 is 0 Å². The molecule has 0 saturated carbocycles. The minimum atomic E-state index is -1.60. The van der Waals surface area contributed by atoms with Crippen molar-refractivity contribution in [3.8, 4) is 0 Å². The highest BCUT2D eigenvalue weighted by Crippen LogP contribution is 2.23. The van der Waals surface area contributed by atoms with Gasteiger partial charge in [0.05, 0.1) is 25.4 Å². The Kier molecular flexibility index (Phi) is 39.0. The molecule has 0 aliphatic carbocycles. The lowest BCUT2D eigenvalue weighted by Gasteiger charge is -2.40. The Morgan fingerprint density at radius 3 is 1.23 bits per heavy atom. The molecule has 0 aromatic heterocycles. The Labute approximate surface area is 368 Å². The maximum absolute atomic E-state index is 13.0. The van der Waals surface area contributed by atoms with Crippen molar-refractivity contribution >= 4 is 5.91 Å². The van der Waals surface area contributed by atoms with E-state index in [1.165, 1.54) is 186 Å². The van der Waals surface area contributed by atoms with Crippen LogP contribution in [0.5, 0.6) is 0 Å². The van der Waals surface area contributed by atoms with Crippen LogP contribution < -0.4 is 5.32 Å². The molecule has 1 amide bonds. The first kappa shape index (κ1) is 57.2. The third-order valence-corrected chi connectivity index (χ3v) is 12.8. The number of carbonyl (C=O) groups is 1. The van der Waals surface area contributed by atoms with E-state index in [2.05, 4.69) is 19.2 Å². The largest absolute Gasteiger partial charge is 0.394 e. The smallest absolute Gasteiger partial charge is 0.220 e. The normalized spacial score (nSPS) is 21.0. The van der Waals surface area contributed by atoms with Crippen LogP contribution in [0.2, 0.25) is 0 Å². The van der Waals surface area contributed by atoms with Crippen molar-refractivity contribution < 1.29 is 44.9 Å². The zero-order valence-corrected chi connectivity index (χ0v) is 39.1. The van der Waals surface area contributed by atoms with E-state index in [1.54, 1.807) is 0 Å². The van der Waals surface area contributed by atoms with E-state index in [1.807, 2.05) is 0 Å². The molecule has 0 radical (unpaired) electrons. The van der Waals surface area contributed by atoms with Gasteiger partial charge in [0.25, 0.3) is 0 Å². The molecule has 358 valence electrons. The van der Waals surface area contributed by atoms with Gasteiger partial charge in [0.1, 0.15) is 30.5 Å². The number of hydrogen-bond acceptors (Lipinski definition) is 9. The number of hydrogen-bond donors (Lipinski definition) is 7. The summed E-state index contributed by atoms with van der Waals surface area (Å²) in [5.74, 6) is -0.252. The molecule has 0 bridgehead atoms. The van der Waals surface area contributed by atoms with Crippen molar-refractivity contribution in [1.29, 1.82) is 0 Å². The molecule has 7 N–H and O–H groups in total. The molecule has 1 rings (SSSR count). The average molecular weight is 858 g/mol. The summed E-state index contributed by atoms with van der Waals surface area (Å²) >= 11 is 0. The highest BCUT2D eigenvalue weighted by molar-refractivity contribution is 5.76.